The van der Waals surface area contributed by atoms with Crippen molar-refractivity contribution in [1.29, 1.82) is 0 Å². The summed E-state index contributed by atoms with van der Waals surface area (Å²) >= 11 is 21.4. The average molecular weight is 497 g/mol. The van der Waals surface area contributed by atoms with Gasteiger partial charge < -0.3 is 9.52 Å². The summed E-state index contributed by atoms with van der Waals surface area (Å²) in [7, 11) is 0. The Morgan fingerprint density at radius 2 is 1.82 bits per heavy atom. The number of oxazole rings is 1. The highest BCUT2D eigenvalue weighted by Crippen LogP contribution is 2.33. The van der Waals surface area contributed by atoms with Crippen LogP contribution in [0.5, 0.6) is 5.75 Å². The van der Waals surface area contributed by atoms with Crippen molar-refractivity contribution >= 4 is 73.7 Å². The third kappa shape index (κ3) is 3.89. The van der Waals surface area contributed by atoms with Gasteiger partial charge in [0.2, 0.25) is 5.89 Å². The van der Waals surface area contributed by atoms with E-state index in [0.29, 0.717) is 53.3 Å². The van der Waals surface area contributed by atoms with Gasteiger partial charge >= 0.3 is 0 Å². The number of phenols is 1. The number of rotatable bonds is 3. The Hall–Kier alpha value is -2.05. The summed E-state index contributed by atoms with van der Waals surface area (Å²) in [6.07, 6.45) is 1.53. The van der Waals surface area contributed by atoms with Crippen LogP contribution in [0.25, 0.3) is 22.6 Å². The second kappa shape index (κ2) is 7.76. The molecule has 0 radical (unpaired) electrons. The van der Waals surface area contributed by atoms with E-state index in [1.54, 1.807) is 48.5 Å². The van der Waals surface area contributed by atoms with Gasteiger partial charge in [-0.25, -0.2) is 4.98 Å². The van der Waals surface area contributed by atoms with Crippen molar-refractivity contribution < 1.29 is 9.52 Å². The van der Waals surface area contributed by atoms with Crippen LogP contribution in [0.3, 0.4) is 0 Å². The van der Waals surface area contributed by atoms with Crippen LogP contribution in [0.2, 0.25) is 15.1 Å². The minimum absolute atomic E-state index is 0.0651. The molecule has 8 heteroatoms. The Bertz CT molecular complexity index is 1240. The number of halogens is 4. The summed E-state index contributed by atoms with van der Waals surface area (Å²) in [6, 6.07) is 13.7. The van der Waals surface area contributed by atoms with Gasteiger partial charge in [0.15, 0.2) is 5.58 Å². The highest BCUT2D eigenvalue weighted by molar-refractivity contribution is 9.10. The second-order valence-electron chi connectivity index (χ2n) is 5.88. The normalized spacial score (nSPS) is 11.6. The first-order chi connectivity index (χ1) is 13.4. The van der Waals surface area contributed by atoms with Crippen LogP contribution in [0.15, 0.2) is 62.4 Å². The molecule has 0 saturated carbocycles. The monoisotopic (exact) mass is 494 g/mol. The zero-order chi connectivity index (χ0) is 19.8. The fourth-order valence-electron chi connectivity index (χ4n) is 2.60. The van der Waals surface area contributed by atoms with E-state index in [0.717, 1.165) is 0 Å². The lowest BCUT2D eigenvalue weighted by Crippen LogP contribution is -1.84. The molecule has 0 fully saturated rings. The molecule has 1 heterocycles. The molecule has 0 spiro atoms. The highest BCUT2D eigenvalue weighted by Gasteiger charge is 2.12. The van der Waals surface area contributed by atoms with Crippen LogP contribution >= 0.6 is 50.7 Å². The first-order valence-corrected chi connectivity index (χ1v) is 9.91. The maximum Gasteiger partial charge on any atom is 0.228 e. The molecule has 1 N–H and O–H groups in total. The van der Waals surface area contributed by atoms with Crippen molar-refractivity contribution in [3.8, 4) is 17.2 Å². The van der Waals surface area contributed by atoms with Crippen LogP contribution in [-0.2, 0) is 0 Å². The lowest BCUT2D eigenvalue weighted by atomic mass is 10.2. The molecule has 0 bridgehead atoms. The summed E-state index contributed by atoms with van der Waals surface area (Å²) in [6.45, 7) is 0. The number of nitrogens with zero attached hydrogens (tertiary/aromatic N) is 2. The number of phenolic OH excluding ortho intramolecular Hbond substituents is 1. The molecule has 0 aliphatic carbocycles. The lowest BCUT2D eigenvalue weighted by molar-refractivity contribution is 0.471. The Morgan fingerprint density at radius 1 is 1.00 bits per heavy atom. The van der Waals surface area contributed by atoms with Gasteiger partial charge in [-0.15, -0.1) is 0 Å². The van der Waals surface area contributed by atoms with Gasteiger partial charge in [-0.2, -0.15) is 0 Å². The predicted octanol–water partition coefficient (Wildman–Crippen LogP) is 7.67. The molecule has 3 aromatic carbocycles. The number of aromatic hydroxyl groups is 1. The topological polar surface area (TPSA) is 58.6 Å². The molecule has 0 atom stereocenters. The minimum Gasteiger partial charge on any atom is -0.506 e. The van der Waals surface area contributed by atoms with Crippen molar-refractivity contribution in [2.24, 2.45) is 4.99 Å². The molecule has 0 unspecified atom stereocenters. The summed E-state index contributed by atoms with van der Waals surface area (Å²) in [5, 5.41) is 11.6. The van der Waals surface area contributed by atoms with E-state index in [1.807, 2.05) is 0 Å². The number of hydrogen-bond donors (Lipinski definition) is 1. The molecule has 140 valence electrons. The average Bonchev–Trinajstić information content (AvgIpc) is 3.06. The maximum atomic E-state index is 10.1. The lowest BCUT2D eigenvalue weighted by Gasteiger charge is -2.02. The van der Waals surface area contributed by atoms with Crippen molar-refractivity contribution in [2.75, 3.05) is 0 Å². The van der Waals surface area contributed by atoms with Gasteiger partial charge in [0, 0.05) is 21.8 Å². The number of aromatic nitrogens is 1. The zero-order valence-electron chi connectivity index (χ0n) is 14.0. The Labute approximate surface area is 183 Å². The highest BCUT2D eigenvalue weighted by atomic mass is 79.9. The molecule has 0 aliphatic rings. The minimum atomic E-state index is 0.0651. The Morgan fingerprint density at radius 3 is 2.61 bits per heavy atom. The number of aliphatic imine (C=N–C) groups is 1. The summed E-state index contributed by atoms with van der Waals surface area (Å²) < 4.78 is 6.29. The van der Waals surface area contributed by atoms with Crippen molar-refractivity contribution in [3.63, 3.8) is 0 Å². The third-order valence-corrected chi connectivity index (χ3v) is 5.31. The molecule has 0 saturated heterocycles. The fraction of sp³-hybridized carbons (Fsp3) is 0. The Kier molecular flexibility index (Phi) is 5.34. The molecule has 0 aliphatic heterocycles. The summed E-state index contributed by atoms with van der Waals surface area (Å²) in [4.78, 5) is 8.88. The molecule has 1 aromatic heterocycles. The van der Waals surface area contributed by atoms with Gasteiger partial charge in [0.25, 0.3) is 0 Å². The standard InChI is InChI=1S/C20H10BrCl3N2O2/c21-15-6-12(23)5-10(19(15)27)9-25-13-2-4-18-17(8-13)26-20(28-18)14-3-1-11(22)7-16(14)24/h1-9,27H. The fourth-order valence-corrected chi connectivity index (χ4v) is 3.93. The SMILES string of the molecule is Oc1c(Br)cc(Cl)cc1C=Nc1ccc2oc(-c3ccc(Cl)cc3Cl)nc2c1. The van der Waals surface area contributed by atoms with Crippen molar-refractivity contribution in [1.82, 2.24) is 4.98 Å². The van der Waals surface area contributed by atoms with E-state index >= 15 is 0 Å². The van der Waals surface area contributed by atoms with Gasteiger partial charge in [0.05, 0.1) is 20.7 Å². The predicted molar refractivity (Wildman–Crippen MR) is 118 cm³/mol. The number of hydrogen-bond acceptors (Lipinski definition) is 4. The van der Waals surface area contributed by atoms with Crippen LogP contribution in [0.1, 0.15) is 5.56 Å². The molecule has 0 amide bonds. The Balaban J connectivity index is 1.69. The molecule has 4 rings (SSSR count). The molecule has 28 heavy (non-hydrogen) atoms. The van der Waals surface area contributed by atoms with Crippen LogP contribution in [0, 0.1) is 0 Å². The molecular weight excluding hydrogens is 486 g/mol. The van der Waals surface area contributed by atoms with E-state index < -0.39 is 0 Å². The van der Waals surface area contributed by atoms with Gasteiger partial charge in [-0.05, 0) is 64.5 Å². The van der Waals surface area contributed by atoms with E-state index in [-0.39, 0.29) is 5.75 Å². The number of benzene rings is 3. The van der Waals surface area contributed by atoms with E-state index in [9.17, 15) is 5.11 Å². The first kappa shape index (κ1) is 19.3. The zero-order valence-corrected chi connectivity index (χ0v) is 17.8. The van der Waals surface area contributed by atoms with Gasteiger partial charge in [-0.1, -0.05) is 34.8 Å². The van der Waals surface area contributed by atoms with Gasteiger partial charge in [-0.3, -0.25) is 4.99 Å². The summed E-state index contributed by atoms with van der Waals surface area (Å²) in [5.41, 5.74) is 3.03. The van der Waals surface area contributed by atoms with E-state index in [4.69, 9.17) is 39.2 Å². The number of fused-ring (bicyclic) bond motifs is 1. The van der Waals surface area contributed by atoms with Crippen LogP contribution in [0.4, 0.5) is 5.69 Å². The largest absolute Gasteiger partial charge is 0.506 e. The molecule has 4 nitrogen and oxygen atoms in total. The van der Waals surface area contributed by atoms with E-state index in [2.05, 4.69) is 25.9 Å². The van der Waals surface area contributed by atoms with Crippen molar-refractivity contribution in [2.45, 2.75) is 0 Å². The maximum absolute atomic E-state index is 10.1. The second-order valence-corrected chi connectivity index (χ2v) is 8.01. The molecular formula is C20H10BrCl3N2O2. The van der Waals surface area contributed by atoms with Gasteiger partial charge in [0.1, 0.15) is 11.3 Å². The van der Waals surface area contributed by atoms with Crippen molar-refractivity contribution in [3.05, 3.63) is 73.6 Å². The molecule has 4 aromatic rings. The van der Waals surface area contributed by atoms with E-state index in [1.165, 1.54) is 6.21 Å². The quantitative estimate of drug-likeness (QED) is 0.296. The third-order valence-electron chi connectivity index (χ3n) is 3.94. The summed E-state index contributed by atoms with van der Waals surface area (Å²) in [5.74, 6) is 0.463. The van der Waals surface area contributed by atoms with Crippen LogP contribution in [-0.4, -0.2) is 16.3 Å². The smallest absolute Gasteiger partial charge is 0.228 e. The van der Waals surface area contributed by atoms with Crippen LogP contribution < -0.4 is 0 Å². The first-order valence-electron chi connectivity index (χ1n) is 7.99.